The number of rotatable bonds is 6. The van der Waals surface area contributed by atoms with Crippen molar-refractivity contribution in [3.8, 4) is 0 Å². The van der Waals surface area contributed by atoms with Crippen LogP contribution in [-0.2, 0) is 11.3 Å². The summed E-state index contributed by atoms with van der Waals surface area (Å²) in [5, 5.41) is 0. The predicted octanol–water partition coefficient (Wildman–Crippen LogP) is 3.72. The molecule has 0 aliphatic heterocycles. The van der Waals surface area contributed by atoms with E-state index in [0.717, 1.165) is 12.4 Å². The van der Waals surface area contributed by atoms with Crippen LogP contribution < -0.4 is 0 Å². The van der Waals surface area contributed by atoms with Gasteiger partial charge in [-0.05, 0) is 6.72 Å². The van der Waals surface area contributed by atoms with Gasteiger partial charge in [0.05, 0.1) is 18.0 Å². The molecule has 112 valence electrons. The lowest BCUT2D eigenvalue weighted by atomic mass is 10.2. The first-order valence-corrected chi connectivity index (χ1v) is 5.96. The Kier molecular flexibility index (Phi) is 6.65. The van der Waals surface area contributed by atoms with Crippen LogP contribution in [0.25, 0.3) is 0 Å². The van der Waals surface area contributed by atoms with Crippen molar-refractivity contribution in [3.63, 3.8) is 0 Å². The maximum Gasteiger partial charge on any atom is 0.182 e. The fourth-order valence-corrected chi connectivity index (χ4v) is 1.31. The lowest BCUT2D eigenvalue weighted by Crippen LogP contribution is -2.05. The highest BCUT2D eigenvalue weighted by atomic mass is 35.5. The molecule has 1 aromatic rings. The minimum atomic E-state index is -1.53. The Hall–Kier alpha value is -2.11. The van der Waals surface area contributed by atoms with Gasteiger partial charge in [0.25, 0.3) is 0 Å². The van der Waals surface area contributed by atoms with E-state index in [1.165, 1.54) is 0 Å². The number of halogens is 5. The molecule has 0 aliphatic carbocycles. The molecule has 0 fully saturated rings. The van der Waals surface area contributed by atoms with E-state index in [4.69, 9.17) is 16.3 Å². The molecule has 0 amide bonds. The van der Waals surface area contributed by atoms with Crippen LogP contribution in [0, 0.1) is 23.3 Å². The second kappa shape index (κ2) is 8.24. The van der Waals surface area contributed by atoms with Gasteiger partial charge in [0.2, 0.25) is 0 Å². The normalized spacial score (nSPS) is 10.3. The molecule has 0 heterocycles. The highest BCUT2D eigenvalue weighted by Gasteiger charge is 2.19. The van der Waals surface area contributed by atoms with Gasteiger partial charge in [0, 0.05) is 6.07 Å². The maximum absolute atomic E-state index is 13.4. The van der Waals surface area contributed by atoms with Crippen molar-refractivity contribution in [1.82, 2.24) is 0 Å². The van der Waals surface area contributed by atoms with E-state index in [9.17, 15) is 17.6 Å². The van der Waals surface area contributed by atoms with Crippen LogP contribution in [0.2, 0.25) is 0 Å². The highest BCUT2D eigenvalue weighted by Crippen LogP contribution is 2.20. The highest BCUT2D eigenvalue weighted by molar-refractivity contribution is 6.18. The summed E-state index contributed by atoms with van der Waals surface area (Å²) in [6.45, 7) is 2.39. The molecule has 0 bridgehead atoms. The monoisotopic (exact) mass is 320 g/mol. The molecule has 8 heteroatoms. The quantitative estimate of drug-likeness (QED) is 0.150. The molecular weight excluding hydrogens is 312 g/mol. The van der Waals surface area contributed by atoms with Crippen LogP contribution in [0.15, 0.2) is 33.7 Å². The Bertz CT molecular complexity index is 599. The van der Waals surface area contributed by atoms with Crippen molar-refractivity contribution < 1.29 is 22.3 Å². The van der Waals surface area contributed by atoms with Crippen LogP contribution in [0.3, 0.4) is 0 Å². The largest absolute Gasteiger partial charge is 0.479 e. The molecule has 1 aromatic carbocycles. The molecule has 0 aromatic heterocycles. The Labute approximate surface area is 122 Å². The van der Waals surface area contributed by atoms with E-state index in [0.29, 0.717) is 0 Å². The lowest BCUT2D eigenvalue weighted by Gasteiger charge is -2.08. The van der Waals surface area contributed by atoms with Crippen molar-refractivity contribution in [2.45, 2.75) is 6.61 Å². The smallest absolute Gasteiger partial charge is 0.182 e. The average Bonchev–Trinajstić information content (AvgIpc) is 2.47. The van der Waals surface area contributed by atoms with Gasteiger partial charge in [-0.15, -0.1) is 11.6 Å². The summed E-state index contributed by atoms with van der Waals surface area (Å²) < 4.78 is 57.8. The molecular formula is C13H9ClF4N2O. The van der Waals surface area contributed by atoms with E-state index in [1.54, 1.807) is 0 Å². The van der Waals surface area contributed by atoms with E-state index in [-0.39, 0.29) is 17.8 Å². The van der Waals surface area contributed by atoms with Gasteiger partial charge in [-0.2, -0.15) is 0 Å². The second-order valence-electron chi connectivity index (χ2n) is 3.49. The number of hydrogen-bond donors (Lipinski definition) is 0. The minimum Gasteiger partial charge on any atom is -0.479 e. The fourth-order valence-electron chi connectivity index (χ4n) is 1.24. The number of allylic oxidation sites excluding steroid dienone is 1. The second-order valence-corrected chi connectivity index (χ2v) is 3.73. The number of alkyl halides is 1. The number of ether oxygens (including phenoxy) is 1. The Morgan fingerprint density at radius 3 is 2.43 bits per heavy atom. The van der Waals surface area contributed by atoms with Crippen LogP contribution in [0.1, 0.15) is 5.56 Å². The molecule has 0 aliphatic rings. The summed E-state index contributed by atoms with van der Waals surface area (Å²) in [6.07, 6.45) is 2.22. The van der Waals surface area contributed by atoms with Gasteiger partial charge in [-0.3, -0.25) is 9.98 Å². The molecule has 1 rings (SSSR count). The minimum absolute atomic E-state index is 0.0899. The zero-order chi connectivity index (χ0) is 15.8. The van der Waals surface area contributed by atoms with Crippen LogP contribution in [0.5, 0.6) is 0 Å². The molecule has 3 nitrogen and oxygen atoms in total. The van der Waals surface area contributed by atoms with Gasteiger partial charge in [0.1, 0.15) is 12.6 Å². The molecule has 0 unspecified atom stereocenters. The summed E-state index contributed by atoms with van der Waals surface area (Å²) in [5.41, 5.74) is 1.55. The topological polar surface area (TPSA) is 34.0 Å². The molecule has 0 radical (unpaired) electrons. The summed E-state index contributed by atoms with van der Waals surface area (Å²) in [5.74, 6) is -6.19. The van der Waals surface area contributed by atoms with Crippen LogP contribution in [-0.4, -0.2) is 18.9 Å². The van der Waals surface area contributed by atoms with E-state index < -0.39 is 35.4 Å². The number of benzene rings is 1. The van der Waals surface area contributed by atoms with Crippen LogP contribution >= 0.6 is 11.6 Å². The van der Waals surface area contributed by atoms with Crippen molar-refractivity contribution in [2.24, 2.45) is 9.98 Å². The van der Waals surface area contributed by atoms with Gasteiger partial charge in [-0.1, -0.05) is 5.73 Å². The SMILES string of the molecule is C=NC=C=C(C=NCCl)OCc1c(F)c(F)cc(F)c1F. The number of nitrogens with zero attached hydrogens (tertiary/aromatic N) is 2. The first-order valence-electron chi connectivity index (χ1n) is 5.42. The lowest BCUT2D eigenvalue weighted by molar-refractivity contribution is 0.208. The summed E-state index contributed by atoms with van der Waals surface area (Å²) in [7, 11) is 0. The Morgan fingerprint density at radius 2 is 1.90 bits per heavy atom. The predicted molar refractivity (Wildman–Crippen MR) is 71.4 cm³/mol. The first-order chi connectivity index (χ1) is 10.0. The molecule has 0 spiro atoms. The van der Waals surface area contributed by atoms with Gasteiger partial charge in [-0.25, -0.2) is 17.6 Å². The number of aliphatic imine (C=N–C) groups is 2. The summed E-state index contributed by atoms with van der Waals surface area (Å²) in [6, 6.07) is 0.0226. The maximum atomic E-state index is 13.4. The molecule has 21 heavy (non-hydrogen) atoms. The van der Waals surface area contributed by atoms with E-state index in [2.05, 4.69) is 22.4 Å². The zero-order valence-electron chi connectivity index (χ0n) is 10.5. The molecule has 0 saturated heterocycles. The van der Waals surface area contributed by atoms with Gasteiger partial charge in [0.15, 0.2) is 29.0 Å². The third kappa shape index (κ3) is 4.73. The molecule has 0 N–H and O–H groups in total. The van der Waals surface area contributed by atoms with Crippen molar-refractivity contribution >= 4 is 24.5 Å². The zero-order valence-corrected chi connectivity index (χ0v) is 11.3. The average molecular weight is 321 g/mol. The van der Waals surface area contributed by atoms with E-state index >= 15 is 0 Å². The molecule has 0 atom stereocenters. The third-order valence-corrected chi connectivity index (χ3v) is 2.29. The summed E-state index contributed by atoms with van der Waals surface area (Å²) >= 11 is 5.33. The fraction of sp³-hybridized carbons (Fsp3) is 0.154. The first kappa shape index (κ1) is 16.9. The third-order valence-electron chi connectivity index (χ3n) is 2.15. The molecule has 0 saturated carbocycles. The Balaban J connectivity index is 3.03. The van der Waals surface area contributed by atoms with Crippen LogP contribution in [0.4, 0.5) is 17.6 Å². The van der Waals surface area contributed by atoms with E-state index in [1.807, 2.05) is 0 Å². The van der Waals surface area contributed by atoms with Crippen molar-refractivity contribution in [1.29, 1.82) is 0 Å². The Morgan fingerprint density at radius 1 is 1.29 bits per heavy atom. The van der Waals surface area contributed by atoms with Gasteiger partial charge >= 0.3 is 0 Å². The summed E-state index contributed by atoms with van der Waals surface area (Å²) in [4.78, 5) is 6.97. The van der Waals surface area contributed by atoms with Crippen molar-refractivity contribution in [3.05, 3.63) is 52.6 Å². The van der Waals surface area contributed by atoms with Gasteiger partial charge < -0.3 is 4.74 Å². The standard InChI is InChI=1S/C13H9ClF4N2O/c1-19-3-2-8(5-20-7-14)21-6-9-12(17)10(15)4-11(16)13(9)18/h3-5H,1,6-7H2. The number of hydrogen-bond acceptors (Lipinski definition) is 3. The van der Waals surface area contributed by atoms with Crippen molar-refractivity contribution in [2.75, 3.05) is 6.00 Å².